The van der Waals surface area contributed by atoms with E-state index in [1.165, 1.54) is 0 Å². The molecule has 2 aromatic rings. The summed E-state index contributed by atoms with van der Waals surface area (Å²) in [5.74, 6) is 1.16. The molecule has 0 saturated carbocycles. The summed E-state index contributed by atoms with van der Waals surface area (Å²) in [5, 5.41) is 7.56. The quantitative estimate of drug-likeness (QED) is 0.942. The molecule has 0 aliphatic carbocycles. The van der Waals surface area contributed by atoms with Gasteiger partial charge in [0.2, 0.25) is 5.91 Å². The van der Waals surface area contributed by atoms with Crippen LogP contribution in [0.1, 0.15) is 11.3 Å². The van der Waals surface area contributed by atoms with Gasteiger partial charge >= 0.3 is 0 Å². The van der Waals surface area contributed by atoms with Crippen LogP contribution in [0.3, 0.4) is 0 Å². The minimum atomic E-state index is -0.145. The van der Waals surface area contributed by atoms with E-state index in [4.69, 9.17) is 16.3 Å². The van der Waals surface area contributed by atoms with Gasteiger partial charge in [-0.2, -0.15) is 5.10 Å². The number of nitrogens with zero attached hydrogens (tertiary/aromatic N) is 2. The maximum atomic E-state index is 12.1. The fourth-order valence-electron chi connectivity index (χ4n) is 1.97. The van der Waals surface area contributed by atoms with E-state index in [1.807, 2.05) is 13.0 Å². The van der Waals surface area contributed by atoms with E-state index < -0.39 is 0 Å². The van der Waals surface area contributed by atoms with Crippen LogP contribution in [0, 0.1) is 6.92 Å². The van der Waals surface area contributed by atoms with Crippen LogP contribution in [0.5, 0.6) is 5.75 Å². The summed E-state index contributed by atoms with van der Waals surface area (Å²) in [6.45, 7) is 1.87. The summed E-state index contributed by atoms with van der Waals surface area (Å²) >= 11 is 5.94. The van der Waals surface area contributed by atoms with Crippen molar-refractivity contribution >= 4 is 23.3 Å². The number of benzene rings is 1. The molecule has 20 heavy (non-hydrogen) atoms. The predicted octanol–water partition coefficient (Wildman–Crippen LogP) is 2.57. The van der Waals surface area contributed by atoms with E-state index in [9.17, 15) is 4.79 Å². The van der Waals surface area contributed by atoms with Crippen molar-refractivity contribution in [2.45, 2.75) is 13.3 Å². The molecule has 1 amide bonds. The lowest BCUT2D eigenvalue weighted by molar-refractivity contribution is -0.115. The molecule has 2 rings (SSSR count). The van der Waals surface area contributed by atoms with Gasteiger partial charge in [-0.1, -0.05) is 11.6 Å². The number of halogens is 1. The Bertz CT molecular complexity index is 637. The van der Waals surface area contributed by atoms with Gasteiger partial charge in [0.15, 0.2) is 0 Å². The van der Waals surface area contributed by atoms with Gasteiger partial charge < -0.3 is 10.1 Å². The Morgan fingerprint density at radius 2 is 2.20 bits per heavy atom. The summed E-state index contributed by atoms with van der Waals surface area (Å²) in [7, 11) is 3.34. The smallest absolute Gasteiger partial charge is 0.230 e. The van der Waals surface area contributed by atoms with Crippen molar-refractivity contribution in [3.05, 3.63) is 40.5 Å². The molecular formula is C14H16ClN3O2. The monoisotopic (exact) mass is 293 g/mol. The van der Waals surface area contributed by atoms with Crippen LogP contribution in [0.25, 0.3) is 0 Å². The molecule has 0 atom stereocenters. The van der Waals surface area contributed by atoms with E-state index >= 15 is 0 Å². The predicted molar refractivity (Wildman–Crippen MR) is 78.3 cm³/mol. The van der Waals surface area contributed by atoms with Gasteiger partial charge in [0, 0.05) is 23.7 Å². The fourth-order valence-corrected chi connectivity index (χ4v) is 2.17. The number of rotatable bonds is 4. The Hall–Kier alpha value is -2.01. The van der Waals surface area contributed by atoms with E-state index in [1.54, 1.807) is 37.0 Å². The molecule has 0 aliphatic rings. The summed E-state index contributed by atoms with van der Waals surface area (Å²) in [5.41, 5.74) is 1.60. The van der Waals surface area contributed by atoms with Crippen molar-refractivity contribution in [3.63, 3.8) is 0 Å². The van der Waals surface area contributed by atoms with Gasteiger partial charge in [-0.05, 0) is 25.1 Å². The maximum Gasteiger partial charge on any atom is 0.230 e. The number of carbonyl (C=O) groups is 1. The van der Waals surface area contributed by atoms with E-state index in [0.29, 0.717) is 16.6 Å². The Morgan fingerprint density at radius 1 is 1.45 bits per heavy atom. The van der Waals surface area contributed by atoms with Crippen LogP contribution in [0.15, 0.2) is 24.3 Å². The van der Waals surface area contributed by atoms with Crippen molar-refractivity contribution in [1.29, 1.82) is 0 Å². The highest BCUT2D eigenvalue weighted by atomic mass is 35.5. The summed E-state index contributed by atoms with van der Waals surface area (Å²) in [4.78, 5) is 12.1. The second-order valence-corrected chi connectivity index (χ2v) is 4.91. The lowest BCUT2D eigenvalue weighted by Gasteiger charge is -2.09. The first-order valence-corrected chi connectivity index (χ1v) is 6.50. The first-order chi connectivity index (χ1) is 9.49. The summed E-state index contributed by atoms with van der Waals surface area (Å²) in [6, 6.07) is 7.02. The van der Waals surface area contributed by atoms with Crippen LogP contribution in [0.2, 0.25) is 5.02 Å². The summed E-state index contributed by atoms with van der Waals surface area (Å²) < 4.78 is 6.85. The average Bonchev–Trinajstić information content (AvgIpc) is 2.68. The highest BCUT2D eigenvalue weighted by Gasteiger charge is 2.11. The van der Waals surface area contributed by atoms with Crippen LogP contribution >= 0.6 is 11.6 Å². The zero-order valence-electron chi connectivity index (χ0n) is 11.6. The van der Waals surface area contributed by atoms with Crippen molar-refractivity contribution in [1.82, 2.24) is 9.78 Å². The first kappa shape index (κ1) is 14.4. The average molecular weight is 294 g/mol. The van der Waals surface area contributed by atoms with Gasteiger partial charge in [0.25, 0.3) is 0 Å². The second-order valence-electron chi connectivity index (χ2n) is 4.48. The first-order valence-electron chi connectivity index (χ1n) is 6.12. The highest BCUT2D eigenvalue weighted by molar-refractivity contribution is 6.30. The standard InChI is InChI=1S/C14H16ClN3O2/c1-9-6-13(18(2)17-9)16-14(19)8-10-7-11(15)4-5-12(10)20-3/h4-7H,8H2,1-3H3,(H,16,19). The molecule has 0 unspecified atom stereocenters. The molecule has 0 spiro atoms. The molecule has 0 aliphatic heterocycles. The van der Waals surface area contributed by atoms with E-state index in [2.05, 4.69) is 10.4 Å². The molecule has 5 nitrogen and oxygen atoms in total. The molecule has 6 heteroatoms. The normalized spacial score (nSPS) is 10.4. The number of ether oxygens (including phenoxy) is 1. The van der Waals surface area contributed by atoms with Crippen LogP contribution in [-0.4, -0.2) is 22.8 Å². The molecule has 0 fully saturated rings. The molecule has 106 valence electrons. The van der Waals surface area contributed by atoms with Crippen LogP contribution in [0.4, 0.5) is 5.82 Å². The van der Waals surface area contributed by atoms with E-state index in [0.717, 1.165) is 11.3 Å². The van der Waals surface area contributed by atoms with Crippen molar-refractivity contribution < 1.29 is 9.53 Å². The molecule has 0 radical (unpaired) electrons. The number of amides is 1. The largest absolute Gasteiger partial charge is 0.496 e. The third-order valence-corrected chi connectivity index (χ3v) is 3.10. The number of anilines is 1. The zero-order chi connectivity index (χ0) is 14.7. The Labute approximate surface area is 122 Å². The van der Waals surface area contributed by atoms with Gasteiger partial charge in [0.05, 0.1) is 19.2 Å². The van der Waals surface area contributed by atoms with Crippen LogP contribution < -0.4 is 10.1 Å². The number of hydrogen-bond acceptors (Lipinski definition) is 3. The van der Waals surface area contributed by atoms with Gasteiger partial charge in [-0.25, -0.2) is 0 Å². The Kier molecular flexibility index (Phi) is 4.29. The molecule has 1 heterocycles. The molecule has 0 bridgehead atoms. The Balaban J connectivity index is 2.12. The number of methoxy groups -OCH3 is 1. The maximum absolute atomic E-state index is 12.1. The SMILES string of the molecule is COc1ccc(Cl)cc1CC(=O)Nc1cc(C)nn1C. The number of nitrogens with one attached hydrogen (secondary N) is 1. The van der Waals surface area contributed by atoms with Crippen molar-refractivity contribution in [2.24, 2.45) is 7.05 Å². The van der Waals surface area contributed by atoms with Crippen LogP contribution in [-0.2, 0) is 18.3 Å². The van der Waals surface area contributed by atoms with Crippen molar-refractivity contribution in [2.75, 3.05) is 12.4 Å². The third kappa shape index (κ3) is 3.30. The van der Waals surface area contributed by atoms with E-state index in [-0.39, 0.29) is 12.3 Å². The third-order valence-electron chi connectivity index (χ3n) is 2.86. The molecule has 1 aromatic carbocycles. The minimum absolute atomic E-state index is 0.145. The molecular weight excluding hydrogens is 278 g/mol. The van der Waals surface area contributed by atoms with Gasteiger partial charge in [-0.3, -0.25) is 9.48 Å². The minimum Gasteiger partial charge on any atom is -0.496 e. The lowest BCUT2D eigenvalue weighted by Crippen LogP contribution is -2.17. The summed E-state index contributed by atoms with van der Waals surface area (Å²) in [6.07, 6.45) is 0.188. The Morgan fingerprint density at radius 3 is 2.80 bits per heavy atom. The van der Waals surface area contributed by atoms with Gasteiger partial charge in [-0.15, -0.1) is 0 Å². The topological polar surface area (TPSA) is 56.1 Å². The molecule has 1 aromatic heterocycles. The van der Waals surface area contributed by atoms with Gasteiger partial charge in [0.1, 0.15) is 11.6 Å². The molecule has 1 N–H and O–H groups in total. The number of hydrogen-bond donors (Lipinski definition) is 1. The fraction of sp³-hybridized carbons (Fsp3) is 0.286. The molecule has 0 saturated heterocycles. The number of carbonyl (C=O) groups excluding carboxylic acids is 1. The van der Waals surface area contributed by atoms with Crippen molar-refractivity contribution in [3.8, 4) is 5.75 Å². The zero-order valence-corrected chi connectivity index (χ0v) is 12.4. The highest BCUT2D eigenvalue weighted by Crippen LogP contribution is 2.23. The number of aryl methyl sites for hydroxylation is 2. The second kappa shape index (κ2) is 5.96. The number of aromatic nitrogens is 2. The lowest BCUT2D eigenvalue weighted by atomic mass is 10.1.